The van der Waals surface area contributed by atoms with Gasteiger partial charge in [-0.1, -0.05) is 6.07 Å². The minimum absolute atomic E-state index is 0.203. The summed E-state index contributed by atoms with van der Waals surface area (Å²) < 4.78 is 42.1. The number of anilines is 1. The van der Waals surface area contributed by atoms with E-state index in [-0.39, 0.29) is 36.1 Å². The summed E-state index contributed by atoms with van der Waals surface area (Å²) in [6.45, 7) is 4.11. The largest absolute Gasteiger partial charge is 0.573 e. The van der Waals surface area contributed by atoms with E-state index in [1.807, 2.05) is 6.07 Å². The standard InChI is InChI=1S/C22H25F3N4O3/c1-21(2,31)18-5-6-29(18)19(30)16-11-27-20(28-12-16)26-10-13-7-15(14-3-4-14)9-17(8-13)32-22(23,24)25/h7-9,11-12,14,18,31H,3-6,10H2,1-2H3,(H,26,27,28)/t18-/m0/s1. The van der Waals surface area contributed by atoms with Crippen LogP contribution < -0.4 is 10.1 Å². The molecule has 172 valence electrons. The Morgan fingerprint density at radius 3 is 2.41 bits per heavy atom. The highest BCUT2D eigenvalue weighted by Crippen LogP contribution is 2.42. The lowest BCUT2D eigenvalue weighted by Crippen LogP contribution is -2.60. The fourth-order valence-corrected chi connectivity index (χ4v) is 3.87. The minimum Gasteiger partial charge on any atom is -0.406 e. The maximum Gasteiger partial charge on any atom is 0.573 e. The van der Waals surface area contributed by atoms with Crippen LogP contribution in [-0.4, -0.2) is 50.4 Å². The number of rotatable bonds is 7. The predicted molar refractivity (Wildman–Crippen MR) is 110 cm³/mol. The Labute approximate surface area is 183 Å². The van der Waals surface area contributed by atoms with Gasteiger partial charge >= 0.3 is 6.36 Å². The van der Waals surface area contributed by atoms with Gasteiger partial charge in [0.25, 0.3) is 5.91 Å². The molecule has 0 bridgehead atoms. The third-order valence-corrected chi connectivity index (χ3v) is 5.72. The molecule has 10 heteroatoms. The van der Waals surface area contributed by atoms with Crippen LogP contribution in [0, 0.1) is 0 Å². The molecule has 32 heavy (non-hydrogen) atoms. The zero-order valence-electron chi connectivity index (χ0n) is 17.8. The number of halogens is 3. The lowest BCUT2D eigenvalue weighted by molar-refractivity contribution is -0.274. The molecular formula is C22H25F3N4O3. The van der Waals surface area contributed by atoms with Crippen molar-refractivity contribution in [3.05, 3.63) is 47.3 Å². The molecule has 1 saturated heterocycles. The monoisotopic (exact) mass is 450 g/mol. The van der Waals surface area contributed by atoms with E-state index in [1.165, 1.54) is 24.5 Å². The summed E-state index contributed by atoms with van der Waals surface area (Å²) in [5.41, 5.74) is 0.758. The number of carbonyl (C=O) groups is 1. The first-order chi connectivity index (χ1) is 15.0. The van der Waals surface area contributed by atoms with Gasteiger partial charge in [-0.25, -0.2) is 9.97 Å². The molecule has 2 fully saturated rings. The van der Waals surface area contributed by atoms with E-state index in [4.69, 9.17) is 0 Å². The van der Waals surface area contributed by atoms with E-state index in [0.29, 0.717) is 17.7 Å². The Balaban J connectivity index is 1.41. The van der Waals surface area contributed by atoms with Crippen molar-refractivity contribution in [1.82, 2.24) is 14.9 Å². The molecular weight excluding hydrogens is 425 g/mol. The first-order valence-corrected chi connectivity index (χ1v) is 10.5. The molecule has 1 amide bonds. The third kappa shape index (κ3) is 5.29. The van der Waals surface area contributed by atoms with Crippen molar-refractivity contribution in [3.63, 3.8) is 0 Å². The van der Waals surface area contributed by atoms with Gasteiger partial charge in [0.2, 0.25) is 5.95 Å². The molecule has 2 N–H and O–H groups in total. The van der Waals surface area contributed by atoms with E-state index in [9.17, 15) is 23.1 Å². The van der Waals surface area contributed by atoms with Crippen molar-refractivity contribution in [1.29, 1.82) is 0 Å². The van der Waals surface area contributed by atoms with E-state index in [2.05, 4.69) is 20.0 Å². The number of hydrogen-bond donors (Lipinski definition) is 2. The molecule has 1 aromatic carbocycles. The van der Waals surface area contributed by atoms with Gasteiger partial charge in [-0.2, -0.15) is 0 Å². The van der Waals surface area contributed by atoms with Crippen molar-refractivity contribution in [2.75, 3.05) is 11.9 Å². The Morgan fingerprint density at radius 1 is 1.19 bits per heavy atom. The van der Waals surface area contributed by atoms with Crippen molar-refractivity contribution >= 4 is 11.9 Å². The quantitative estimate of drug-likeness (QED) is 0.666. The van der Waals surface area contributed by atoms with Crippen LogP contribution in [0.25, 0.3) is 0 Å². The third-order valence-electron chi connectivity index (χ3n) is 5.72. The van der Waals surface area contributed by atoms with Crippen molar-refractivity contribution in [2.24, 2.45) is 0 Å². The van der Waals surface area contributed by atoms with Gasteiger partial charge in [0, 0.05) is 25.5 Å². The number of benzene rings is 1. The Hall–Kier alpha value is -2.88. The SMILES string of the molecule is CC(C)(O)[C@@H]1CCN1C(=O)c1cnc(NCc2cc(OC(F)(F)F)cc(C3CC3)c2)nc1. The van der Waals surface area contributed by atoms with Gasteiger partial charge in [0.05, 0.1) is 17.2 Å². The number of carbonyl (C=O) groups excluding carboxylic acids is 1. The molecule has 1 atom stereocenters. The summed E-state index contributed by atoms with van der Waals surface area (Å²) in [4.78, 5) is 22.5. The number of alkyl halides is 3. The molecule has 0 unspecified atom stereocenters. The molecule has 4 rings (SSSR count). The van der Waals surface area contributed by atoms with Crippen LogP contribution in [0.15, 0.2) is 30.6 Å². The molecule has 1 aliphatic carbocycles. The molecule has 1 saturated carbocycles. The van der Waals surface area contributed by atoms with Gasteiger partial charge in [-0.3, -0.25) is 4.79 Å². The van der Waals surface area contributed by atoms with Gasteiger partial charge in [0.1, 0.15) is 5.75 Å². The normalized spacial score (nSPS) is 18.8. The molecule has 1 aromatic heterocycles. The zero-order valence-corrected chi connectivity index (χ0v) is 17.8. The number of hydrogen-bond acceptors (Lipinski definition) is 6. The Bertz CT molecular complexity index is 985. The average molecular weight is 450 g/mol. The maximum atomic E-state index is 12.6. The first-order valence-electron chi connectivity index (χ1n) is 10.5. The average Bonchev–Trinajstić information content (AvgIpc) is 3.48. The van der Waals surface area contributed by atoms with Gasteiger partial charge < -0.3 is 20.1 Å². The fourth-order valence-electron chi connectivity index (χ4n) is 3.87. The minimum atomic E-state index is -4.75. The molecule has 2 heterocycles. The lowest BCUT2D eigenvalue weighted by atomic mass is 9.87. The van der Waals surface area contributed by atoms with Gasteiger partial charge in [-0.15, -0.1) is 13.2 Å². The number of likely N-dealkylation sites (tertiary alicyclic amines) is 1. The van der Waals surface area contributed by atoms with Crippen LogP contribution >= 0.6 is 0 Å². The highest BCUT2D eigenvalue weighted by atomic mass is 19.4. The predicted octanol–water partition coefficient (Wildman–Crippen LogP) is 3.85. The van der Waals surface area contributed by atoms with Crippen LogP contribution in [0.1, 0.15) is 60.5 Å². The molecule has 0 radical (unpaired) electrons. The number of nitrogens with zero attached hydrogens (tertiary/aromatic N) is 3. The summed E-state index contributed by atoms with van der Waals surface area (Å²) >= 11 is 0. The highest BCUT2D eigenvalue weighted by Gasteiger charge is 2.42. The Morgan fingerprint density at radius 2 is 1.88 bits per heavy atom. The summed E-state index contributed by atoms with van der Waals surface area (Å²) in [5, 5.41) is 13.1. The number of ether oxygens (including phenoxy) is 1. The molecule has 0 spiro atoms. The number of aliphatic hydroxyl groups is 1. The molecule has 2 aromatic rings. The maximum absolute atomic E-state index is 12.6. The second-order valence-electron chi connectivity index (χ2n) is 8.84. The second-order valence-corrected chi connectivity index (χ2v) is 8.84. The van der Waals surface area contributed by atoms with Crippen molar-refractivity contribution in [3.8, 4) is 5.75 Å². The zero-order chi connectivity index (χ0) is 23.1. The number of aromatic nitrogens is 2. The van der Waals surface area contributed by atoms with Crippen LogP contribution in [0.4, 0.5) is 19.1 Å². The number of amides is 1. The fraction of sp³-hybridized carbons (Fsp3) is 0.500. The topological polar surface area (TPSA) is 87.6 Å². The smallest absolute Gasteiger partial charge is 0.406 e. The lowest BCUT2D eigenvalue weighted by Gasteiger charge is -2.47. The van der Waals surface area contributed by atoms with Gasteiger partial charge in [0.15, 0.2) is 0 Å². The highest BCUT2D eigenvalue weighted by molar-refractivity contribution is 5.94. The van der Waals surface area contributed by atoms with Crippen LogP contribution in [0.3, 0.4) is 0 Å². The van der Waals surface area contributed by atoms with E-state index in [1.54, 1.807) is 18.7 Å². The second kappa shape index (κ2) is 8.23. The summed E-state index contributed by atoms with van der Waals surface area (Å²) in [5.74, 6) is 0.0260. The Kier molecular flexibility index (Phi) is 5.74. The van der Waals surface area contributed by atoms with Crippen LogP contribution in [0.2, 0.25) is 0 Å². The summed E-state index contributed by atoms with van der Waals surface area (Å²) in [6.07, 6.45) is 0.680. The summed E-state index contributed by atoms with van der Waals surface area (Å²) in [7, 11) is 0. The first kappa shape index (κ1) is 22.3. The van der Waals surface area contributed by atoms with Crippen molar-refractivity contribution in [2.45, 2.75) is 63.6 Å². The van der Waals surface area contributed by atoms with E-state index >= 15 is 0 Å². The van der Waals surface area contributed by atoms with Crippen LogP contribution in [0.5, 0.6) is 5.75 Å². The van der Waals surface area contributed by atoms with Crippen molar-refractivity contribution < 1.29 is 27.8 Å². The van der Waals surface area contributed by atoms with E-state index < -0.39 is 12.0 Å². The number of nitrogens with one attached hydrogen (secondary N) is 1. The molecule has 7 nitrogen and oxygen atoms in total. The molecule has 1 aliphatic heterocycles. The summed E-state index contributed by atoms with van der Waals surface area (Å²) in [6, 6.07) is 4.37. The van der Waals surface area contributed by atoms with Gasteiger partial charge in [-0.05, 0) is 62.3 Å². The van der Waals surface area contributed by atoms with E-state index in [0.717, 1.165) is 24.8 Å². The molecule has 2 aliphatic rings. The van der Waals surface area contributed by atoms with Crippen LogP contribution in [-0.2, 0) is 6.54 Å².